The molecule has 0 radical (unpaired) electrons. The highest BCUT2D eigenvalue weighted by Gasteiger charge is 2.22. The van der Waals surface area contributed by atoms with Crippen molar-refractivity contribution in [2.45, 2.75) is 24.8 Å². The van der Waals surface area contributed by atoms with Gasteiger partial charge in [-0.15, -0.1) is 6.58 Å². The van der Waals surface area contributed by atoms with Gasteiger partial charge >= 0.3 is 5.97 Å². The molecule has 0 aliphatic carbocycles. The molecule has 1 aromatic carbocycles. The van der Waals surface area contributed by atoms with Crippen LogP contribution in [0, 0.1) is 6.92 Å². The second-order valence-corrected chi connectivity index (χ2v) is 5.77. The largest absolute Gasteiger partial charge is 0.507 e. The van der Waals surface area contributed by atoms with E-state index in [4.69, 9.17) is 5.11 Å². The lowest BCUT2D eigenvalue weighted by atomic mass is 10.1. The van der Waals surface area contributed by atoms with Crippen molar-refractivity contribution < 1.29 is 23.4 Å². The molecule has 6 nitrogen and oxygen atoms in total. The molecule has 104 valence electrons. The van der Waals surface area contributed by atoms with Gasteiger partial charge in [0.2, 0.25) is 10.0 Å². The first-order valence-corrected chi connectivity index (χ1v) is 6.89. The summed E-state index contributed by atoms with van der Waals surface area (Å²) in [5, 5.41) is 18.4. The Morgan fingerprint density at radius 2 is 2.05 bits per heavy atom. The second kappa shape index (κ2) is 5.41. The monoisotopic (exact) mass is 285 g/mol. The number of nitrogens with one attached hydrogen (secondary N) is 1. The third kappa shape index (κ3) is 3.33. The predicted molar refractivity (Wildman–Crippen MR) is 69.8 cm³/mol. The van der Waals surface area contributed by atoms with Crippen LogP contribution in [-0.2, 0) is 10.0 Å². The summed E-state index contributed by atoms with van der Waals surface area (Å²) in [6, 6.07) is 1.55. The van der Waals surface area contributed by atoms with E-state index in [0.29, 0.717) is 0 Å². The normalized spacial score (nSPS) is 12.9. The number of aromatic hydroxyl groups is 1. The zero-order chi connectivity index (χ0) is 14.8. The number of carboxylic acids is 1. The molecule has 0 bridgehead atoms. The molecule has 0 aliphatic rings. The van der Waals surface area contributed by atoms with Crippen LogP contribution in [0.3, 0.4) is 0 Å². The van der Waals surface area contributed by atoms with Crippen molar-refractivity contribution in [3.8, 4) is 5.75 Å². The molecule has 0 saturated heterocycles. The van der Waals surface area contributed by atoms with Gasteiger partial charge in [0.05, 0.1) is 4.90 Å². The molecule has 0 aromatic heterocycles. The SMILES string of the molecule is C=CC(C)NS(=O)(=O)c1cc(C(=O)O)c(O)cc1C. The van der Waals surface area contributed by atoms with Gasteiger partial charge in [0.15, 0.2) is 0 Å². The third-order valence-corrected chi connectivity index (χ3v) is 4.21. The molecule has 3 N–H and O–H groups in total. The maximum Gasteiger partial charge on any atom is 0.339 e. The number of carbonyl (C=O) groups is 1. The molecule has 0 saturated carbocycles. The Balaban J connectivity index is 3.38. The number of hydrogen-bond acceptors (Lipinski definition) is 4. The number of phenols is 1. The first kappa shape index (κ1) is 15.2. The fourth-order valence-electron chi connectivity index (χ4n) is 1.49. The second-order valence-electron chi connectivity index (χ2n) is 4.09. The minimum atomic E-state index is -3.87. The average molecular weight is 285 g/mol. The lowest BCUT2D eigenvalue weighted by molar-refractivity contribution is 0.0693. The molecule has 1 aromatic rings. The van der Waals surface area contributed by atoms with Gasteiger partial charge in [0, 0.05) is 6.04 Å². The van der Waals surface area contributed by atoms with Gasteiger partial charge in [0.25, 0.3) is 0 Å². The van der Waals surface area contributed by atoms with Crippen molar-refractivity contribution >= 4 is 16.0 Å². The summed E-state index contributed by atoms with van der Waals surface area (Å²) >= 11 is 0. The van der Waals surface area contributed by atoms with Gasteiger partial charge in [-0.3, -0.25) is 0 Å². The first-order chi connectivity index (χ1) is 8.69. The molecule has 1 atom stereocenters. The topological polar surface area (TPSA) is 104 Å². The molecule has 7 heteroatoms. The molecular weight excluding hydrogens is 270 g/mol. The highest BCUT2D eigenvalue weighted by molar-refractivity contribution is 7.89. The van der Waals surface area contributed by atoms with E-state index in [9.17, 15) is 18.3 Å². The van der Waals surface area contributed by atoms with Crippen LogP contribution >= 0.6 is 0 Å². The number of sulfonamides is 1. The summed E-state index contributed by atoms with van der Waals surface area (Å²) in [7, 11) is -3.87. The molecular formula is C12H15NO5S. The molecule has 1 unspecified atom stereocenters. The van der Waals surface area contributed by atoms with E-state index in [1.807, 2.05) is 0 Å². The number of aromatic carboxylic acids is 1. The average Bonchev–Trinajstić information content (AvgIpc) is 2.27. The highest BCUT2D eigenvalue weighted by atomic mass is 32.2. The summed E-state index contributed by atoms with van der Waals surface area (Å²) in [6.45, 7) is 6.53. The molecule has 0 spiro atoms. The summed E-state index contributed by atoms with van der Waals surface area (Å²) < 4.78 is 26.5. The van der Waals surface area contributed by atoms with Crippen LogP contribution in [0.2, 0.25) is 0 Å². The molecule has 19 heavy (non-hydrogen) atoms. The van der Waals surface area contributed by atoms with E-state index in [-0.39, 0.29) is 10.5 Å². The summed E-state index contributed by atoms with van der Waals surface area (Å²) in [4.78, 5) is 10.7. The number of carboxylic acid groups (broad SMARTS) is 1. The standard InChI is InChI=1S/C12H15NO5S/c1-4-8(3)13-19(17,18)11-6-9(12(15)16)10(14)5-7(11)2/h4-6,8,13-14H,1H2,2-3H3,(H,15,16). The fourth-order valence-corrected chi connectivity index (χ4v) is 2.96. The van der Waals surface area contributed by atoms with Crippen LogP contribution in [0.25, 0.3) is 0 Å². The van der Waals surface area contributed by atoms with Crippen molar-refractivity contribution in [3.05, 3.63) is 35.9 Å². The number of rotatable bonds is 5. The summed E-state index contributed by atoms with van der Waals surface area (Å²) in [6.07, 6.45) is 1.41. The van der Waals surface area contributed by atoms with Gasteiger partial charge < -0.3 is 10.2 Å². The van der Waals surface area contributed by atoms with Crippen LogP contribution in [0.5, 0.6) is 5.75 Å². The van der Waals surface area contributed by atoms with E-state index in [1.54, 1.807) is 6.92 Å². The quantitative estimate of drug-likeness (QED) is 0.706. The maximum absolute atomic E-state index is 12.1. The number of hydrogen-bond donors (Lipinski definition) is 3. The van der Waals surface area contributed by atoms with E-state index in [2.05, 4.69) is 11.3 Å². The minimum Gasteiger partial charge on any atom is -0.507 e. The Kier molecular flexibility index (Phi) is 4.33. The predicted octanol–water partition coefficient (Wildman–Crippen LogP) is 1.25. The van der Waals surface area contributed by atoms with Crippen molar-refractivity contribution in [2.24, 2.45) is 0 Å². The van der Waals surface area contributed by atoms with E-state index >= 15 is 0 Å². The Morgan fingerprint density at radius 1 is 1.47 bits per heavy atom. The van der Waals surface area contributed by atoms with Gasteiger partial charge in [0.1, 0.15) is 11.3 Å². The van der Waals surface area contributed by atoms with Crippen LogP contribution < -0.4 is 4.72 Å². The van der Waals surface area contributed by atoms with Crippen molar-refractivity contribution in [2.75, 3.05) is 0 Å². The lowest BCUT2D eigenvalue weighted by Crippen LogP contribution is -2.31. The Morgan fingerprint density at radius 3 is 2.53 bits per heavy atom. The van der Waals surface area contributed by atoms with Gasteiger partial charge in [-0.2, -0.15) is 0 Å². The van der Waals surface area contributed by atoms with Gasteiger partial charge in [-0.25, -0.2) is 17.9 Å². The smallest absolute Gasteiger partial charge is 0.339 e. The van der Waals surface area contributed by atoms with E-state index in [1.165, 1.54) is 13.0 Å². The molecule has 0 aliphatic heterocycles. The number of aryl methyl sites for hydroxylation is 1. The third-order valence-electron chi connectivity index (χ3n) is 2.51. The van der Waals surface area contributed by atoms with Crippen molar-refractivity contribution in [1.29, 1.82) is 0 Å². The van der Waals surface area contributed by atoms with Crippen LogP contribution in [0.4, 0.5) is 0 Å². The van der Waals surface area contributed by atoms with Crippen LogP contribution in [-0.4, -0.2) is 30.6 Å². The Bertz CT molecular complexity index is 621. The minimum absolute atomic E-state index is 0.184. The molecule has 0 amide bonds. The van der Waals surface area contributed by atoms with Crippen molar-refractivity contribution in [1.82, 2.24) is 4.72 Å². The first-order valence-electron chi connectivity index (χ1n) is 5.41. The summed E-state index contributed by atoms with van der Waals surface area (Å²) in [5.41, 5.74) is -0.205. The number of benzene rings is 1. The fraction of sp³-hybridized carbons (Fsp3) is 0.250. The molecule has 0 fully saturated rings. The molecule has 1 rings (SSSR count). The van der Waals surface area contributed by atoms with Gasteiger partial charge in [-0.05, 0) is 31.5 Å². The van der Waals surface area contributed by atoms with E-state index in [0.717, 1.165) is 12.1 Å². The Hall–Kier alpha value is -1.86. The Labute approximate surface area is 111 Å². The lowest BCUT2D eigenvalue weighted by Gasteiger charge is -2.13. The highest BCUT2D eigenvalue weighted by Crippen LogP contribution is 2.25. The summed E-state index contributed by atoms with van der Waals surface area (Å²) in [5.74, 6) is -1.87. The van der Waals surface area contributed by atoms with E-state index < -0.39 is 33.3 Å². The van der Waals surface area contributed by atoms with Gasteiger partial charge in [-0.1, -0.05) is 6.08 Å². The molecule has 0 heterocycles. The van der Waals surface area contributed by atoms with Crippen LogP contribution in [0.1, 0.15) is 22.8 Å². The van der Waals surface area contributed by atoms with Crippen molar-refractivity contribution in [3.63, 3.8) is 0 Å². The van der Waals surface area contributed by atoms with Crippen LogP contribution in [0.15, 0.2) is 29.7 Å². The zero-order valence-corrected chi connectivity index (χ0v) is 11.4. The maximum atomic E-state index is 12.1. The zero-order valence-electron chi connectivity index (χ0n) is 10.5.